The Morgan fingerprint density at radius 2 is 1.75 bits per heavy atom. The standard InChI is InChI=1S/C18H18ClN3OS/c1-11-2-4-12(5-3-11)15-10-16(15)17(23)21-22-18(24)20-14-8-6-13(19)7-9-14/h2-9,15-16H,10H2,1H3,(H,21,23)(H2,20,22,24)/t15-,16+/m0/s1. The molecule has 0 aromatic heterocycles. The molecule has 24 heavy (non-hydrogen) atoms. The maximum atomic E-state index is 12.2. The Hall–Kier alpha value is -2.11. The maximum Gasteiger partial charge on any atom is 0.242 e. The number of carbonyl (C=O) groups excluding carboxylic acids is 1. The number of hydrogen-bond acceptors (Lipinski definition) is 2. The third-order valence-corrected chi connectivity index (χ3v) is 4.49. The molecule has 6 heteroatoms. The van der Waals surface area contributed by atoms with Gasteiger partial charge in [-0.15, -0.1) is 0 Å². The Kier molecular flexibility index (Phi) is 5.02. The van der Waals surface area contributed by atoms with Crippen molar-refractivity contribution in [3.8, 4) is 0 Å². The molecule has 0 radical (unpaired) electrons. The molecular formula is C18H18ClN3OS. The van der Waals surface area contributed by atoms with Crippen LogP contribution in [0.25, 0.3) is 0 Å². The number of aryl methyl sites for hydroxylation is 1. The lowest BCUT2D eigenvalue weighted by Crippen LogP contribution is -2.44. The molecule has 0 aliphatic heterocycles. The molecule has 3 rings (SSSR count). The quantitative estimate of drug-likeness (QED) is 0.577. The molecule has 0 unspecified atom stereocenters. The number of amides is 1. The average molecular weight is 360 g/mol. The van der Waals surface area contributed by atoms with E-state index in [1.54, 1.807) is 12.1 Å². The lowest BCUT2D eigenvalue weighted by molar-refractivity contribution is -0.122. The minimum atomic E-state index is -0.0409. The molecule has 1 amide bonds. The predicted molar refractivity (Wildman–Crippen MR) is 101 cm³/mol. The van der Waals surface area contributed by atoms with Gasteiger partial charge in [0.1, 0.15) is 0 Å². The van der Waals surface area contributed by atoms with Crippen LogP contribution < -0.4 is 16.2 Å². The molecule has 0 saturated heterocycles. The van der Waals surface area contributed by atoms with Crippen LogP contribution in [0, 0.1) is 12.8 Å². The van der Waals surface area contributed by atoms with Gasteiger partial charge in [-0.05, 0) is 61.3 Å². The second-order valence-corrected chi connectivity index (χ2v) is 6.78. The van der Waals surface area contributed by atoms with Crippen molar-refractivity contribution in [2.45, 2.75) is 19.3 Å². The van der Waals surface area contributed by atoms with Crippen LogP contribution in [-0.4, -0.2) is 11.0 Å². The maximum absolute atomic E-state index is 12.2. The Labute approximate surface area is 151 Å². The lowest BCUT2D eigenvalue weighted by Gasteiger charge is -2.11. The highest BCUT2D eigenvalue weighted by Gasteiger charge is 2.43. The Balaban J connectivity index is 1.45. The van der Waals surface area contributed by atoms with Gasteiger partial charge in [0.2, 0.25) is 5.91 Å². The number of benzene rings is 2. The zero-order chi connectivity index (χ0) is 17.1. The second-order valence-electron chi connectivity index (χ2n) is 5.93. The fourth-order valence-electron chi connectivity index (χ4n) is 2.57. The Morgan fingerprint density at radius 1 is 1.08 bits per heavy atom. The first kappa shape index (κ1) is 16.7. The summed E-state index contributed by atoms with van der Waals surface area (Å²) in [7, 11) is 0. The fourth-order valence-corrected chi connectivity index (χ4v) is 2.87. The number of hydrazine groups is 1. The van der Waals surface area contributed by atoms with Gasteiger partial charge in [0.15, 0.2) is 5.11 Å². The first-order chi connectivity index (χ1) is 11.5. The summed E-state index contributed by atoms with van der Waals surface area (Å²) < 4.78 is 0. The number of anilines is 1. The van der Waals surface area contributed by atoms with Crippen LogP contribution in [0.3, 0.4) is 0 Å². The Bertz CT molecular complexity index is 746. The number of nitrogens with one attached hydrogen (secondary N) is 3. The summed E-state index contributed by atoms with van der Waals surface area (Å²) in [5.74, 6) is 0.254. The van der Waals surface area contributed by atoms with E-state index in [4.69, 9.17) is 23.8 Å². The molecule has 2 atom stereocenters. The predicted octanol–water partition coefficient (Wildman–Crippen LogP) is 3.77. The molecule has 3 N–H and O–H groups in total. The van der Waals surface area contributed by atoms with Crippen molar-refractivity contribution in [2.75, 3.05) is 5.32 Å². The van der Waals surface area contributed by atoms with Crippen molar-refractivity contribution in [2.24, 2.45) is 5.92 Å². The van der Waals surface area contributed by atoms with Gasteiger partial charge < -0.3 is 5.32 Å². The summed E-state index contributed by atoms with van der Waals surface area (Å²) >= 11 is 11.0. The minimum absolute atomic E-state index is 0.00135. The van der Waals surface area contributed by atoms with Gasteiger partial charge >= 0.3 is 0 Å². The van der Waals surface area contributed by atoms with Gasteiger partial charge in [-0.2, -0.15) is 0 Å². The fraction of sp³-hybridized carbons (Fsp3) is 0.222. The van der Waals surface area contributed by atoms with E-state index in [2.05, 4.69) is 47.4 Å². The van der Waals surface area contributed by atoms with E-state index in [1.807, 2.05) is 12.1 Å². The first-order valence-electron chi connectivity index (χ1n) is 7.72. The molecule has 124 valence electrons. The van der Waals surface area contributed by atoms with Crippen LogP contribution in [0.15, 0.2) is 48.5 Å². The molecule has 2 aromatic rings. The van der Waals surface area contributed by atoms with E-state index in [9.17, 15) is 4.79 Å². The van der Waals surface area contributed by atoms with E-state index in [0.717, 1.165) is 12.1 Å². The molecule has 4 nitrogen and oxygen atoms in total. The molecule has 1 aliphatic rings. The highest BCUT2D eigenvalue weighted by molar-refractivity contribution is 7.80. The average Bonchev–Trinajstić information content (AvgIpc) is 3.36. The second kappa shape index (κ2) is 7.20. The monoisotopic (exact) mass is 359 g/mol. The summed E-state index contributed by atoms with van der Waals surface area (Å²) in [5.41, 5.74) is 8.64. The SMILES string of the molecule is Cc1ccc([C@@H]2C[C@H]2C(=O)NNC(=S)Nc2ccc(Cl)cc2)cc1. The van der Waals surface area contributed by atoms with Crippen LogP contribution in [0.1, 0.15) is 23.5 Å². The molecular weight excluding hydrogens is 342 g/mol. The molecule has 1 fully saturated rings. The van der Waals surface area contributed by atoms with Gasteiger partial charge in [-0.3, -0.25) is 15.6 Å². The third-order valence-electron chi connectivity index (χ3n) is 4.03. The summed E-state index contributed by atoms with van der Waals surface area (Å²) in [6.07, 6.45) is 0.869. The zero-order valence-corrected chi connectivity index (χ0v) is 14.7. The summed E-state index contributed by atoms with van der Waals surface area (Å²) in [6, 6.07) is 15.5. The smallest absolute Gasteiger partial charge is 0.242 e. The molecule has 0 bridgehead atoms. The normalized spacial score (nSPS) is 18.6. The van der Waals surface area contributed by atoms with Gasteiger partial charge in [0.05, 0.1) is 0 Å². The van der Waals surface area contributed by atoms with Crippen LogP contribution >= 0.6 is 23.8 Å². The van der Waals surface area contributed by atoms with Crippen LogP contribution in [0.2, 0.25) is 5.02 Å². The lowest BCUT2D eigenvalue weighted by atomic mass is 10.1. The molecule has 1 aliphatic carbocycles. The topological polar surface area (TPSA) is 53.2 Å². The molecule has 1 saturated carbocycles. The largest absolute Gasteiger partial charge is 0.331 e. The van der Waals surface area contributed by atoms with Gasteiger partial charge in [-0.1, -0.05) is 41.4 Å². The van der Waals surface area contributed by atoms with Gasteiger partial charge in [0, 0.05) is 16.6 Å². The molecule has 2 aromatic carbocycles. The first-order valence-corrected chi connectivity index (χ1v) is 8.50. The van der Waals surface area contributed by atoms with Crippen LogP contribution in [0.5, 0.6) is 0 Å². The number of carbonyl (C=O) groups is 1. The van der Waals surface area contributed by atoms with Gasteiger partial charge in [-0.25, -0.2) is 0 Å². The van der Waals surface area contributed by atoms with Crippen molar-refractivity contribution in [1.29, 1.82) is 0 Å². The highest BCUT2D eigenvalue weighted by Crippen LogP contribution is 2.47. The molecule has 0 spiro atoms. The van der Waals surface area contributed by atoms with Crippen molar-refractivity contribution < 1.29 is 4.79 Å². The number of halogens is 1. The summed E-state index contributed by atoms with van der Waals surface area (Å²) in [4.78, 5) is 12.2. The summed E-state index contributed by atoms with van der Waals surface area (Å²) in [5, 5.41) is 3.97. The van der Waals surface area contributed by atoms with E-state index in [1.165, 1.54) is 11.1 Å². The number of rotatable bonds is 3. The van der Waals surface area contributed by atoms with Crippen molar-refractivity contribution in [3.63, 3.8) is 0 Å². The third kappa shape index (κ3) is 4.24. The minimum Gasteiger partial charge on any atom is -0.331 e. The van der Waals surface area contributed by atoms with E-state index in [0.29, 0.717) is 16.1 Å². The number of thiocarbonyl (C=S) groups is 1. The van der Waals surface area contributed by atoms with Crippen molar-refractivity contribution in [3.05, 3.63) is 64.7 Å². The van der Waals surface area contributed by atoms with E-state index < -0.39 is 0 Å². The highest BCUT2D eigenvalue weighted by atomic mass is 35.5. The van der Waals surface area contributed by atoms with Crippen molar-refractivity contribution in [1.82, 2.24) is 10.9 Å². The van der Waals surface area contributed by atoms with E-state index >= 15 is 0 Å². The van der Waals surface area contributed by atoms with Gasteiger partial charge in [0.25, 0.3) is 0 Å². The summed E-state index contributed by atoms with van der Waals surface area (Å²) in [6.45, 7) is 2.05. The zero-order valence-electron chi connectivity index (χ0n) is 13.2. The van der Waals surface area contributed by atoms with Crippen LogP contribution in [0.4, 0.5) is 5.69 Å². The van der Waals surface area contributed by atoms with E-state index in [-0.39, 0.29) is 11.8 Å². The Morgan fingerprint density at radius 3 is 2.42 bits per heavy atom. The van der Waals surface area contributed by atoms with Crippen molar-refractivity contribution >= 4 is 40.5 Å². The molecule has 0 heterocycles. The number of hydrogen-bond donors (Lipinski definition) is 3. The van der Waals surface area contributed by atoms with Crippen LogP contribution in [-0.2, 0) is 4.79 Å².